The van der Waals surface area contributed by atoms with E-state index in [-0.39, 0.29) is 11.8 Å². The Bertz CT molecular complexity index is 668. The van der Waals surface area contributed by atoms with Gasteiger partial charge in [0.05, 0.1) is 37.2 Å². The molecule has 0 spiro atoms. The third-order valence-corrected chi connectivity index (χ3v) is 5.25. The molecule has 1 N–H and O–H groups in total. The summed E-state index contributed by atoms with van der Waals surface area (Å²) in [7, 11) is 1.98. The minimum atomic E-state index is 0.0435. The van der Waals surface area contributed by atoms with Gasteiger partial charge < -0.3 is 14.3 Å². The molecular weight excluding hydrogens is 324 g/mol. The SMILES string of the molecule is CSc1ncc(CNC(=O)C2CCCN(Cc3ccco3)C2)n1C. The summed E-state index contributed by atoms with van der Waals surface area (Å²) in [5.74, 6) is 1.13. The van der Waals surface area contributed by atoms with E-state index in [9.17, 15) is 4.79 Å². The Kier molecular flexibility index (Phi) is 5.63. The van der Waals surface area contributed by atoms with Crippen molar-refractivity contribution in [1.29, 1.82) is 0 Å². The van der Waals surface area contributed by atoms with Gasteiger partial charge in [-0.05, 0) is 37.8 Å². The van der Waals surface area contributed by atoms with Crippen LogP contribution in [0.5, 0.6) is 0 Å². The number of imidazole rings is 1. The van der Waals surface area contributed by atoms with E-state index in [0.29, 0.717) is 6.54 Å². The van der Waals surface area contributed by atoms with E-state index in [0.717, 1.165) is 49.1 Å². The van der Waals surface area contributed by atoms with Crippen LogP contribution < -0.4 is 5.32 Å². The fourth-order valence-corrected chi connectivity index (χ4v) is 3.69. The first kappa shape index (κ1) is 17.1. The number of piperidine rings is 1. The van der Waals surface area contributed by atoms with Gasteiger partial charge in [-0.3, -0.25) is 9.69 Å². The highest BCUT2D eigenvalue weighted by Crippen LogP contribution is 2.19. The Labute approximate surface area is 146 Å². The van der Waals surface area contributed by atoms with Crippen LogP contribution in [0.4, 0.5) is 0 Å². The van der Waals surface area contributed by atoms with Gasteiger partial charge in [0, 0.05) is 13.6 Å². The molecule has 0 aliphatic carbocycles. The van der Waals surface area contributed by atoms with Crippen LogP contribution in [0.25, 0.3) is 0 Å². The molecular formula is C17H24N4O2S. The first-order chi connectivity index (χ1) is 11.7. The minimum absolute atomic E-state index is 0.0435. The van der Waals surface area contributed by atoms with Crippen molar-refractivity contribution in [3.05, 3.63) is 36.0 Å². The average molecular weight is 348 g/mol. The van der Waals surface area contributed by atoms with Crippen molar-refractivity contribution in [2.24, 2.45) is 13.0 Å². The molecule has 1 amide bonds. The number of carbonyl (C=O) groups excluding carboxylic acids is 1. The monoisotopic (exact) mass is 348 g/mol. The number of nitrogens with zero attached hydrogens (tertiary/aromatic N) is 3. The van der Waals surface area contributed by atoms with E-state index >= 15 is 0 Å². The number of likely N-dealkylation sites (tertiary alicyclic amines) is 1. The summed E-state index contributed by atoms with van der Waals surface area (Å²) in [5.41, 5.74) is 1.02. The Balaban J connectivity index is 1.51. The van der Waals surface area contributed by atoms with E-state index in [4.69, 9.17) is 4.42 Å². The van der Waals surface area contributed by atoms with E-state index in [1.165, 1.54) is 0 Å². The summed E-state index contributed by atoms with van der Waals surface area (Å²) in [6, 6.07) is 3.88. The molecule has 1 fully saturated rings. The van der Waals surface area contributed by atoms with E-state index in [2.05, 4.69) is 15.2 Å². The Morgan fingerprint density at radius 3 is 3.12 bits per heavy atom. The molecule has 7 heteroatoms. The van der Waals surface area contributed by atoms with Crippen molar-refractivity contribution >= 4 is 17.7 Å². The largest absolute Gasteiger partial charge is 0.468 e. The summed E-state index contributed by atoms with van der Waals surface area (Å²) in [6.07, 6.45) is 7.51. The molecule has 3 rings (SSSR count). The van der Waals surface area contributed by atoms with E-state index in [1.807, 2.05) is 36.2 Å². The number of thioether (sulfide) groups is 1. The predicted octanol–water partition coefficient (Wildman–Crippen LogP) is 2.26. The zero-order valence-electron chi connectivity index (χ0n) is 14.2. The number of aromatic nitrogens is 2. The molecule has 3 heterocycles. The molecule has 2 aromatic heterocycles. The predicted molar refractivity (Wildman–Crippen MR) is 93.5 cm³/mol. The van der Waals surface area contributed by atoms with Crippen molar-refractivity contribution in [3.63, 3.8) is 0 Å². The topological polar surface area (TPSA) is 63.3 Å². The van der Waals surface area contributed by atoms with Gasteiger partial charge in [0.2, 0.25) is 5.91 Å². The number of hydrogen-bond donors (Lipinski definition) is 1. The lowest BCUT2D eigenvalue weighted by Gasteiger charge is -2.31. The molecule has 1 saturated heterocycles. The molecule has 1 unspecified atom stereocenters. The standard InChI is InChI=1S/C17H24N4O2S/c1-20-14(10-19-17(20)24-2)9-18-16(22)13-5-3-7-21(11-13)12-15-6-4-8-23-15/h4,6,8,10,13H,3,5,7,9,11-12H2,1-2H3,(H,18,22). The molecule has 24 heavy (non-hydrogen) atoms. The zero-order chi connectivity index (χ0) is 16.9. The lowest BCUT2D eigenvalue weighted by molar-refractivity contribution is -0.127. The Morgan fingerprint density at radius 2 is 2.42 bits per heavy atom. The molecule has 130 valence electrons. The molecule has 2 aromatic rings. The smallest absolute Gasteiger partial charge is 0.224 e. The van der Waals surface area contributed by atoms with E-state index in [1.54, 1.807) is 18.0 Å². The third kappa shape index (κ3) is 4.02. The highest BCUT2D eigenvalue weighted by atomic mass is 32.2. The fraction of sp³-hybridized carbons (Fsp3) is 0.529. The lowest BCUT2D eigenvalue weighted by Crippen LogP contribution is -2.42. The van der Waals surface area contributed by atoms with Crippen LogP contribution in [-0.2, 0) is 24.9 Å². The third-order valence-electron chi connectivity index (χ3n) is 4.50. The van der Waals surface area contributed by atoms with Crippen LogP contribution >= 0.6 is 11.8 Å². The summed E-state index contributed by atoms with van der Waals surface area (Å²) >= 11 is 1.60. The van der Waals surface area contributed by atoms with Gasteiger partial charge in [-0.15, -0.1) is 0 Å². The molecule has 6 nitrogen and oxygen atoms in total. The van der Waals surface area contributed by atoms with Crippen LogP contribution in [0.1, 0.15) is 24.3 Å². The molecule has 1 aliphatic rings. The number of carbonyl (C=O) groups is 1. The van der Waals surface area contributed by atoms with Crippen molar-refractivity contribution in [3.8, 4) is 0 Å². The maximum absolute atomic E-state index is 12.5. The molecule has 0 radical (unpaired) electrons. The maximum atomic E-state index is 12.5. The van der Waals surface area contributed by atoms with Crippen LogP contribution in [-0.4, -0.2) is 39.7 Å². The summed E-state index contributed by atoms with van der Waals surface area (Å²) in [5, 5.41) is 4.03. The Morgan fingerprint density at radius 1 is 1.54 bits per heavy atom. The van der Waals surface area contributed by atoms with E-state index < -0.39 is 0 Å². The highest BCUT2D eigenvalue weighted by molar-refractivity contribution is 7.98. The number of rotatable bonds is 6. The normalized spacial score (nSPS) is 18.7. The average Bonchev–Trinajstić information content (AvgIpc) is 3.22. The zero-order valence-corrected chi connectivity index (χ0v) is 15.0. The van der Waals surface area contributed by atoms with Gasteiger partial charge in [0.15, 0.2) is 5.16 Å². The lowest BCUT2D eigenvalue weighted by atomic mass is 9.97. The Hall–Kier alpha value is -1.73. The summed E-state index contributed by atoms with van der Waals surface area (Å²) < 4.78 is 7.43. The second-order valence-electron chi connectivity index (χ2n) is 6.17. The number of amides is 1. The van der Waals surface area contributed by atoms with Crippen molar-refractivity contribution in [2.75, 3.05) is 19.3 Å². The minimum Gasteiger partial charge on any atom is -0.468 e. The van der Waals surface area contributed by atoms with Gasteiger partial charge in [0.1, 0.15) is 5.76 Å². The fourth-order valence-electron chi connectivity index (χ4n) is 3.14. The van der Waals surface area contributed by atoms with Crippen molar-refractivity contribution in [2.45, 2.75) is 31.1 Å². The first-order valence-electron chi connectivity index (χ1n) is 8.24. The molecule has 1 atom stereocenters. The molecule has 0 aromatic carbocycles. The second-order valence-corrected chi connectivity index (χ2v) is 6.94. The number of hydrogen-bond acceptors (Lipinski definition) is 5. The van der Waals surface area contributed by atoms with Gasteiger partial charge in [-0.2, -0.15) is 0 Å². The maximum Gasteiger partial charge on any atom is 0.224 e. The quantitative estimate of drug-likeness (QED) is 0.812. The summed E-state index contributed by atoms with van der Waals surface area (Å²) in [4.78, 5) is 19.1. The molecule has 1 aliphatic heterocycles. The first-order valence-corrected chi connectivity index (χ1v) is 9.47. The summed E-state index contributed by atoms with van der Waals surface area (Å²) in [6.45, 7) is 3.10. The van der Waals surface area contributed by atoms with Gasteiger partial charge >= 0.3 is 0 Å². The van der Waals surface area contributed by atoms with Crippen LogP contribution in [0, 0.1) is 5.92 Å². The molecule has 0 saturated carbocycles. The second kappa shape index (κ2) is 7.90. The van der Waals surface area contributed by atoms with Crippen molar-refractivity contribution in [1.82, 2.24) is 19.8 Å². The van der Waals surface area contributed by atoms with Gasteiger partial charge in [0.25, 0.3) is 0 Å². The van der Waals surface area contributed by atoms with Crippen LogP contribution in [0.15, 0.2) is 34.2 Å². The van der Waals surface area contributed by atoms with Gasteiger partial charge in [-0.1, -0.05) is 11.8 Å². The number of nitrogens with one attached hydrogen (secondary N) is 1. The molecule has 0 bridgehead atoms. The van der Waals surface area contributed by atoms with Crippen LogP contribution in [0.2, 0.25) is 0 Å². The van der Waals surface area contributed by atoms with Crippen LogP contribution in [0.3, 0.4) is 0 Å². The number of furan rings is 1. The van der Waals surface area contributed by atoms with Crippen molar-refractivity contribution < 1.29 is 9.21 Å². The highest BCUT2D eigenvalue weighted by Gasteiger charge is 2.26. The van der Waals surface area contributed by atoms with Gasteiger partial charge in [-0.25, -0.2) is 4.98 Å².